The zero-order valence-electron chi connectivity index (χ0n) is 15.6. The second-order valence-electron chi connectivity index (χ2n) is 6.76. The normalized spacial score (nSPS) is 11.6. The van der Waals surface area contributed by atoms with Gasteiger partial charge in [-0.3, -0.25) is 0 Å². The summed E-state index contributed by atoms with van der Waals surface area (Å²) in [4.78, 5) is 7.58. The lowest BCUT2D eigenvalue weighted by Crippen LogP contribution is -2.08. The van der Waals surface area contributed by atoms with E-state index in [1.54, 1.807) is 18.3 Å². The van der Waals surface area contributed by atoms with Crippen LogP contribution >= 0.6 is 0 Å². The van der Waals surface area contributed by atoms with Crippen molar-refractivity contribution < 1.29 is 13.2 Å². The van der Waals surface area contributed by atoms with Crippen LogP contribution in [0.4, 0.5) is 19.0 Å². The number of hydrogen-bond acceptors (Lipinski definition) is 2. The van der Waals surface area contributed by atoms with Gasteiger partial charge in [0.05, 0.1) is 16.8 Å². The van der Waals surface area contributed by atoms with Gasteiger partial charge in [0, 0.05) is 28.4 Å². The minimum atomic E-state index is -4.47. The van der Waals surface area contributed by atoms with E-state index in [4.69, 9.17) is 0 Å². The number of halogens is 3. The Morgan fingerprint density at radius 2 is 1.76 bits per heavy atom. The number of anilines is 1. The second kappa shape index (κ2) is 7.13. The summed E-state index contributed by atoms with van der Waals surface area (Å²) in [5.74, 6) is 0.448. The van der Waals surface area contributed by atoms with Gasteiger partial charge in [-0.1, -0.05) is 49.0 Å². The highest BCUT2D eigenvalue weighted by Crippen LogP contribution is 2.38. The maximum Gasteiger partial charge on any atom is 0.417 e. The number of hydrogen-bond donors (Lipinski definition) is 2. The zero-order chi connectivity index (χ0) is 20.6. The summed E-state index contributed by atoms with van der Waals surface area (Å²) in [5, 5.41) is 3.96. The molecule has 2 N–H and O–H groups in total. The van der Waals surface area contributed by atoms with Crippen molar-refractivity contribution >= 4 is 22.4 Å². The lowest BCUT2D eigenvalue weighted by atomic mass is 10.0. The van der Waals surface area contributed by atoms with E-state index in [0.717, 1.165) is 22.6 Å². The van der Waals surface area contributed by atoms with Crippen LogP contribution in [0.2, 0.25) is 0 Å². The monoisotopic (exact) mass is 393 g/mol. The number of fused-ring (bicyclic) bond motifs is 1. The topological polar surface area (TPSA) is 40.7 Å². The molecule has 0 radical (unpaired) electrons. The van der Waals surface area contributed by atoms with Crippen molar-refractivity contribution in [2.24, 2.45) is 0 Å². The molecule has 0 unspecified atom stereocenters. The standard InChI is InChI=1S/C23H18F3N3/c1-14-7-3-4-8-16(14)15(2)28-22-18-11-12-27-20(18)13-21(29-22)17-9-5-6-10-19(17)23(24,25)26/h3-13,27H,2H2,1H3,(H,28,29). The van der Waals surface area contributed by atoms with Crippen molar-refractivity contribution in [3.05, 3.63) is 90.1 Å². The molecule has 0 aliphatic heterocycles. The second-order valence-corrected chi connectivity index (χ2v) is 6.76. The van der Waals surface area contributed by atoms with Gasteiger partial charge in [-0.15, -0.1) is 0 Å². The van der Waals surface area contributed by atoms with Crippen LogP contribution in [0.5, 0.6) is 0 Å². The largest absolute Gasteiger partial charge is 0.417 e. The summed E-state index contributed by atoms with van der Waals surface area (Å²) in [6, 6.07) is 16.6. The van der Waals surface area contributed by atoms with Crippen molar-refractivity contribution in [2.75, 3.05) is 5.32 Å². The Balaban J connectivity index is 1.82. The third-order valence-electron chi connectivity index (χ3n) is 4.80. The van der Waals surface area contributed by atoms with Crippen LogP contribution in [0.1, 0.15) is 16.7 Å². The van der Waals surface area contributed by atoms with Crippen LogP contribution in [0.15, 0.2) is 73.4 Å². The van der Waals surface area contributed by atoms with E-state index in [0.29, 0.717) is 17.0 Å². The molecule has 0 bridgehead atoms. The third-order valence-corrected chi connectivity index (χ3v) is 4.80. The molecule has 0 saturated heterocycles. The van der Waals surface area contributed by atoms with Crippen molar-refractivity contribution in [3.63, 3.8) is 0 Å². The summed E-state index contributed by atoms with van der Waals surface area (Å²) in [7, 11) is 0. The molecule has 0 saturated carbocycles. The Morgan fingerprint density at radius 3 is 2.52 bits per heavy atom. The van der Waals surface area contributed by atoms with Crippen LogP contribution in [0.3, 0.4) is 0 Å². The number of aromatic nitrogens is 2. The number of nitrogens with zero attached hydrogens (tertiary/aromatic N) is 1. The molecule has 3 nitrogen and oxygen atoms in total. The first-order valence-electron chi connectivity index (χ1n) is 9.01. The molecule has 0 aliphatic carbocycles. The molecule has 146 valence electrons. The summed E-state index contributed by atoms with van der Waals surface area (Å²) < 4.78 is 40.5. The lowest BCUT2D eigenvalue weighted by molar-refractivity contribution is -0.137. The Labute approximate surface area is 165 Å². The maximum absolute atomic E-state index is 13.5. The fourth-order valence-corrected chi connectivity index (χ4v) is 3.37. The molecular weight excluding hydrogens is 375 g/mol. The first kappa shape index (κ1) is 18.8. The third kappa shape index (κ3) is 3.61. The number of aromatic amines is 1. The molecule has 6 heteroatoms. The van der Waals surface area contributed by atoms with E-state index in [1.807, 2.05) is 37.3 Å². The summed E-state index contributed by atoms with van der Waals surface area (Å²) >= 11 is 0. The van der Waals surface area contributed by atoms with Gasteiger partial charge in [0.25, 0.3) is 0 Å². The molecule has 4 rings (SSSR count). The minimum Gasteiger partial charge on any atom is -0.361 e. The quantitative estimate of drug-likeness (QED) is 0.408. The molecule has 0 spiro atoms. The fourth-order valence-electron chi connectivity index (χ4n) is 3.37. The van der Waals surface area contributed by atoms with Crippen LogP contribution in [0, 0.1) is 6.92 Å². The highest BCUT2D eigenvalue weighted by molar-refractivity contribution is 5.96. The van der Waals surface area contributed by atoms with Gasteiger partial charge in [0.15, 0.2) is 0 Å². The van der Waals surface area contributed by atoms with E-state index < -0.39 is 11.7 Å². The fraction of sp³-hybridized carbons (Fsp3) is 0.0870. The van der Waals surface area contributed by atoms with Gasteiger partial charge in [-0.25, -0.2) is 4.98 Å². The van der Waals surface area contributed by atoms with Gasteiger partial charge in [-0.2, -0.15) is 13.2 Å². The number of rotatable bonds is 4. The molecular formula is C23H18F3N3. The summed E-state index contributed by atoms with van der Waals surface area (Å²) in [5.41, 5.74) is 2.80. The van der Waals surface area contributed by atoms with Crippen LogP contribution in [-0.2, 0) is 6.18 Å². The molecule has 0 fully saturated rings. The lowest BCUT2D eigenvalue weighted by Gasteiger charge is -2.16. The number of aryl methyl sites for hydroxylation is 1. The van der Waals surface area contributed by atoms with Crippen molar-refractivity contribution in [3.8, 4) is 11.3 Å². The van der Waals surface area contributed by atoms with E-state index >= 15 is 0 Å². The molecule has 0 aliphatic rings. The van der Waals surface area contributed by atoms with E-state index in [9.17, 15) is 13.2 Å². The van der Waals surface area contributed by atoms with Crippen LogP contribution in [0.25, 0.3) is 27.9 Å². The number of alkyl halides is 3. The number of H-pyrrole nitrogens is 1. The highest BCUT2D eigenvalue weighted by Gasteiger charge is 2.33. The average molecular weight is 393 g/mol. The Morgan fingerprint density at radius 1 is 1.03 bits per heavy atom. The number of nitrogens with one attached hydrogen (secondary N) is 2. The van der Waals surface area contributed by atoms with Crippen molar-refractivity contribution in [1.82, 2.24) is 9.97 Å². The Hall–Kier alpha value is -3.54. The van der Waals surface area contributed by atoms with E-state index in [2.05, 4.69) is 21.9 Å². The van der Waals surface area contributed by atoms with Gasteiger partial charge in [0.1, 0.15) is 5.82 Å². The van der Waals surface area contributed by atoms with Gasteiger partial charge < -0.3 is 10.3 Å². The van der Waals surface area contributed by atoms with Crippen molar-refractivity contribution in [2.45, 2.75) is 13.1 Å². The van der Waals surface area contributed by atoms with Crippen LogP contribution in [-0.4, -0.2) is 9.97 Å². The average Bonchev–Trinajstić information content (AvgIpc) is 3.16. The first-order chi connectivity index (χ1) is 13.8. The molecule has 29 heavy (non-hydrogen) atoms. The van der Waals surface area contributed by atoms with Gasteiger partial charge >= 0.3 is 6.18 Å². The Bertz CT molecular complexity index is 1210. The molecule has 2 aromatic carbocycles. The predicted molar refractivity (Wildman–Crippen MR) is 110 cm³/mol. The van der Waals surface area contributed by atoms with E-state index in [1.165, 1.54) is 12.1 Å². The zero-order valence-corrected chi connectivity index (χ0v) is 15.6. The molecule has 2 heterocycles. The molecule has 2 aromatic heterocycles. The van der Waals surface area contributed by atoms with Crippen molar-refractivity contribution in [1.29, 1.82) is 0 Å². The van der Waals surface area contributed by atoms with Gasteiger partial charge in [-0.05, 0) is 30.7 Å². The number of pyridine rings is 1. The first-order valence-corrected chi connectivity index (χ1v) is 9.01. The van der Waals surface area contributed by atoms with E-state index in [-0.39, 0.29) is 11.3 Å². The highest BCUT2D eigenvalue weighted by atomic mass is 19.4. The molecule has 4 aromatic rings. The van der Waals surface area contributed by atoms with Gasteiger partial charge in [0.2, 0.25) is 0 Å². The smallest absolute Gasteiger partial charge is 0.361 e. The molecule has 0 amide bonds. The Kier molecular flexibility index (Phi) is 4.62. The SMILES string of the molecule is C=C(Nc1nc(-c2ccccc2C(F)(F)F)cc2[nH]ccc12)c1ccccc1C. The molecule has 0 atom stereocenters. The summed E-state index contributed by atoms with van der Waals surface area (Å²) in [6.07, 6.45) is -2.74. The number of benzene rings is 2. The summed E-state index contributed by atoms with van der Waals surface area (Å²) in [6.45, 7) is 6.06. The van der Waals surface area contributed by atoms with Crippen LogP contribution < -0.4 is 5.32 Å². The minimum absolute atomic E-state index is 0.0288. The predicted octanol–water partition coefficient (Wildman–Crippen LogP) is 6.64. The maximum atomic E-state index is 13.5.